The molecule has 18 heavy (non-hydrogen) atoms. The van der Waals surface area contributed by atoms with Gasteiger partial charge in [-0.05, 0) is 19.1 Å². The fraction of sp³-hybridized carbons (Fsp3) is 0.267. The van der Waals surface area contributed by atoms with Crippen molar-refractivity contribution in [3.05, 3.63) is 48.6 Å². The fourth-order valence-electron chi connectivity index (χ4n) is 1.36. The van der Waals surface area contributed by atoms with Gasteiger partial charge >= 0.3 is 5.97 Å². The first kappa shape index (κ1) is 14.2. The highest BCUT2D eigenvalue weighted by Gasteiger charge is 2.13. The van der Waals surface area contributed by atoms with Crippen molar-refractivity contribution in [1.82, 2.24) is 4.48 Å². The number of nitrogens with zero attached hydrogens (tertiary/aromatic N) is 1. The minimum absolute atomic E-state index is 0.369. The summed E-state index contributed by atoms with van der Waals surface area (Å²) in [5.41, 5.74) is 1.08. The molecule has 1 aromatic rings. The fourth-order valence-corrected chi connectivity index (χ4v) is 1.36. The third-order valence-electron chi connectivity index (χ3n) is 2.35. The van der Waals surface area contributed by atoms with Gasteiger partial charge in [-0.3, -0.25) is 4.48 Å². The van der Waals surface area contributed by atoms with E-state index in [1.165, 1.54) is 6.08 Å². The molecule has 0 unspecified atom stereocenters. The predicted molar refractivity (Wildman–Crippen MR) is 75.6 cm³/mol. The molecular weight excluding hydrogens is 226 g/mol. The molecule has 96 valence electrons. The van der Waals surface area contributed by atoms with Crippen LogP contribution < -0.4 is 9.22 Å². The van der Waals surface area contributed by atoms with Crippen LogP contribution in [-0.4, -0.2) is 27.1 Å². The molecule has 0 heterocycles. The van der Waals surface area contributed by atoms with Crippen molar-refractivity contribution in [2.24, 2.45) is 0 Å². The second-order valence-corrected chi connectivity index (χ2v) is 4.82. The van der Waals surface area contributed by atoms with E-state index in [0.717, 1.165) is 5.69 Å². The number of carbonyl (C=O) groups is 1. The van der Waals surface area contributed by atoms with Gasteiger partial charge in [0.2, 0.25) is 0 Å². The lowest BCUT2D eigenvalue weighted by atomic mass is 10.2. The van der Waals surface area contributed by atoms with E-state index in [4.69, 9.17) is 4.74 Å². The number of rotatable bonds is 4. The summed E-state index contributed by atoms with van der Waals surface area (Å²) in [6.07, 6.45) is 6.69. The van der Waals surface area contributed by atoms with E-state index in [-0.39, 0.29) is 5.97 Å². The van der Waals surface area contributed by atoms with E-state index in [1.807, 2.05) is 31.2 Å². The number of quaternary nitrogens is 1. The maximum Gasteiger partial charge on any atom is 0.336 e. The van der Waals surface area contributed by atoms with Gasteiger partial charge in [-0.25, -0.2) is 4.79 Å². The van der Waals surface area contributed by atoms with E-state index in [0.29, 0.717) is 10.2 Å². The van der Waals surface area contributed by atoms with Crippen LogP contribution in [0.4, 0.5) is 5.69 Å². The number of esters is 1. The molecule has 0 bridgehead atoms. The van der Waals surface area contributed by atoms with Gasteiger partial charge in [0.25, 0.3) is 0 Å². The van der Waals surface area contributed by atoms with Gasteiger partial charge in [-0.1, -0.05) is 24.3 Å². The van der Waals surface area contributed by atoms with Crippen molar-refractivity contribution in [2.45, 2.75) is 6.92 Å². The number of ether oxygens (including phenoxy) is 1. The van der Waals surface area contributed by atoms with E-state index in [9.17, 15) is 4.79 Å². The van der Waals surface area contributed by atoms with Crippen LogP contribution in [0.25, 0.3) is 0 Å². The Labute approximate surface area is 109 Å². The molecule has 0 fully saturated rings. The molecule has 0 spiro atoms. The average Bonchev–Trinajstić information content (AvgIpc) is 2.28. The zero-order valence-electron chi connectivity index (χ0n) is 11.4. The molecule has 0 aliphatic carbocycles. The number of allylic oxidation sites excluding steroid dienone is 3. The highest BCUT2D eigenvalue weighted by Crippen LogP contribution is 2.22. The minimum Gasteiger partial charge on any atom is -0.423 e. The molecule has 0 N–H and O–H groups in total. The van der Waals surface area contributed by atoms with Crippen LogP contribution in [-0.2, 0) is 4.79 Å². The molecule has 3 heteroatoms. The van der Waals surface area contributed by atoms with E-state index >= 15 is 0 Å². The van der Waals surface area contributed by atoms with E-state index in [1.54, 1.807) is 18.2 Å². The van der Waals surface area contributed by atoms with Crippen molar-refractivity contribution >= 4 is 11.7 Å². The van der Waals surface area contributed by atoms with Gasteiger partial charge in [0.05, 0.1) is 21.1 Å². The highest BCUT2D eigenvalue weighted by molar-refractivity contribution is 5.84. The molecule has 3 nitrogen and oxygen atoms in total. The molecule has 0 saturated heterocycles. The molecule has 1 aromatic carbocycles. The summed E-state index contributed by atoms with van der Waals surface area (Å²) in [4.78, 5) is 11.5. The zero-order chi connectivity index (χ0) is 13.6. The second kappa shape index (κ2) is 6.17. The summed E-state index contributed by atoms with van der Waals surface area (Å²) in [5.74, 6) is 0.197. The minimum atomic E-state index is -0.369. The molecule has 0 aliphatic heterocycles. The largest absolute Gasteiger partial charge is 0.423 e. The Hall–Kier alpha value is -1.87. The lowest BCUT2D eigenvalue weighted by Gasteiger charge is -2.23. The maximum absolute atomic E-state index is 11.5. The average molecular weight is 246 g/mol. The van der Waals surface area contributed by atoms with Crippen LogP contribution in [0.2, 0.25) is 0 Å². The van der Waals surface area contributed by atoms with Gasteiger partial charge in [-0.15, -0.1) is 0 Å². The smallest absolute Gasteiger partial charge is 0.336 e. The normalized spacial score (nSPS) is 12.2. The van der Waals surface area contributed by atoms with Crippen LogP contribution in [0.3, 0.4) is 0 Å². The summed E-state index contributed by atoms with van der Waals surface area (Å²) in [6.45, 7) is 1.89. The van der Waals surface area contributed by atoms with Gasteiger partial charge in [0.15, 0.2) is 0 Å². The number of hydrogen-bond donors (Lipinski definition) is 0. The number of carbonyl (C=O) groups excluding carboxylic acids is 1. The van der Waals surface area contributed by atoms with Crippen LogP contribution >= 0.6 is 0 Å². The Morgan fingerprint density at radius 2 is 1.94 bits per heavy atom. The van der Waals surface area contributed by atoms with Gasteiger partial charge in [-0.2, -0.15) is 0 Å². The van der Waals surface area contributed by atoms with E-state index < -0.39 is 0 Å². The lowest BCUT2D eigenvalue weighted by Crippen LogP contribution is -2.34. The molecule has 0 atom stereocenters. The molecule has 0 amide bonds. The van der Waals surface area contributed by atoms with Crippen molar-refractivity contribution in [2.75, 3.05) is 21.1 Å². The van der Waals surface area contributed by atoms with E-state index in [2.05, 4.69) is 21.1 Å². The Morgan fingerprint density at radius 3 is 2.56 bits per heavy atom. The highest BCUT2D eigenvalue weighted by atomic mass is 16.5. The summed E-state index contributed by atoms with van der Waals surface area (Å²) in [6, 6.07) is 7.55. The Bertz CT molecular complexity index is 468. The summed E-state index contributed by atoms with van der Waals surface area (Å²) < 4.78 is 5.91. The molecule has 0 aromatic heterocycles. The predicted octanol–water partition coefficient (Wildman–Crippen LogP) is 2.92. The first-order valence-electron chi connectivity index (χ1n) is 5.87. The second-order valence-electron chi connectivity index (χ2n) is 4.82. The lowest BCUT2D eigenvalue weighted by molar-refractivity contribution is -0.128. The molecular formula is C15H20NO2+. The summed E-state index contributed by atoms with van der Waals surface area (Å²) >= 11 is 0. The standard InChI is InChI=1S/C15H20NO2/c1-5-6-7-11-15(17)18-14-10-8-9-13(12-14)16(2,3)4/h5-12H,1-4H3/q+1/b6-5+,11-7+. The third-order valence-corrected chi connectivity index (χ3v) is 2.35. The molecule has 0 radical (unpaired) electrons. The van der Waals surface area contributed by atoms with Gasteiger partial charge in [0.1, 0.15) is 11.4 Å². The SMILES string of the molecule is C/C=C/C=C/C(=O)Oc1cccc([N+](C)(C)C)c1. The Morgan fingerprint density at radius 1 is 1.22 bits per heavy atom. The molecule has 0 saturated carbocycles. The van der Waals surface area contributed by atoms with Crippen molar-refractivity contribution in [1.29, 1.82) is 0 Å². The number of hydrogen-bond acceptors (Lipinski definition) is 2. The Balaban J connectivity index is 2.77. The van der Waals surface area contributed by atoms with Crippen molar-refractivity contribution < 1.29 is 9.53 Å². The van der Waals surface area contributed by atoms with Crippen molar-refractivity contribution in [3.8, 4) is 5.75 Å². The first-order chi connectivity index (χ1) is 8.43. The number of benzene rings is 1. The maximum atomic E-state index is 11.5. The van der Waals surface area contributed by atoms with Crippen molar-refractivity contribution in [3.63, 3.8) is 0 Å². The topological polar surface area (TPSA) is 26.3 Å². The Kier molecular flexibility index (Phi) is 4.86. The summed E-state index contributed by atoms with van der Waals surface area (Å²) in [5, 5.41) is 0. The monoisotopic (exact) mass is 246 g/mol. The third kappa shape index (κ3) is 4.55. The van der Waals surface area contributed by atoms with Crippen LogP contribution in [0.1, 0.15) is 6.92 Å². The summed E-state index contributed by atoms with van der Waals surface area (Å²) in [7, 11) is 6.19. The first-order valence-corrected chi connectivity index (χ1v) is 5.87. The van der Waals surface area contributed by atoms with Crippen LogP contribution in [0, 0.1) is 0 Å². The van der Waals surface area contributed by atoms with Crippen LogP contribution in [0.15, 0.2) is 48.6 Å². The van der Waals surface area contributed by atoms with Crippen LogP contribution in [0.5, 0.6) is 5.75 Å². The van der Waals surface area contributed by atoms with Gasteiger partial charge < -0.3 is 4.74 Å². The van der Waals surface area contributed by atoms with Gasteiger partial charge in [0, 0.05) is 12.1 Å². The molecule has 1 rings (SSSR count). The zero-order valence-corrected chi connectivity index (χ0v) is 11.4. The molecule has 0 aliphatic rings. The quantitative estimate of drug-likeness (QED) is 0.268.